The Labute approximate surface area is 200 Å². The zero-order chi connectivity index (χ0) is 25.2. The summed E-state index contributed by atoms with van der Waals surface area (Å²) < 4.78 is 10.4. The average molecular weight is 478 g/mol. The van der Waals surface area contributed by atoms with E-state index in [0.717, 1.165) is 12.1 Å². The highest BCUT2D eigenvalue weighted by Crippen LogP contribution is 2.20. The summed E-state index contributed by atoms with van der Waals surface area (Å²) in [5.41, 5.74) is 1.12. The molecule has 0 aromatic heterocycles. The zero-order valence-corrected chi connectivity index (χ0v) is 18.4. The fraction of sp³-hybridized carbons (Fsp3) is 0.160. The minimum atomic E-state index is -1.61. The number of carbonyl (C=O) groups excluding carboxylic acids is 2. The summed E-state index contributed by atoms with van der Waals surface area (Å²) in [4.78, 5) is 47.8. The molecule has 0 spiro atoms. The summed E-state index contributed by atoms with van der Waals surface area (Å²) in [6.07, 6.45) is -1.08. The molecular weight excluding hydrogens is 456 g/mol. The number of carbonyl (C=O) groups is 3. The minimum absolute atomic E-state index is 0.0473. The van der Waals surface area contributed by atoms with E-state index < -0.39 is 34.9 Å². The molecule has 2 atom stereocenters. The molecule has 10 nitrogen and oxygen atoms in total. The van der Waals surface area contributed by atoms with Crippen molar-refractivity contribution in [2.75, 3.05) is 0 Å². The summed E-state index contributed by atoms with van der Waals surface area (Å²) in [6.45, 7) is -0.0901. The normalized spacial score (nSPS) is 12.1. The quantitative estimate of drug-likeness (QED) is 0.194. The van der Waals surface area contributed by atoms with Gasteiger partial charge in [-0.1, -0.05) is 60.7 Å². The molecule has 3 rings (SSSR count). The second kappa shape index (κ2) is 11.9. The lowest BCUT2D eigenvalue weighted by molar-refractivity contribution is -0.384. The second-order valence-electron chi connectivity index (χ2n) is 7.49. The maximum atomic E-state index is 13.0. The molecular formula is C25H22N2O8. The first-order valence-electron chi connectivity index (χ1n) is 10.5. The van der Waals surface area contributed by atoms with Gasteiger partial charge in [0.15, 0.2) is 0 Å². The van der Waals surface area contributed by atoms with Crippen LogP contribution in [-0.4, -0.2) is 34.1 Å². The third-order valence-corrected chi connectivity index (χ3v) is 5.02. The van der Waals surface area contributed by atoms with Gasteiger partial charge in [0.2, 0.25) is 0 Å². The maximum Gasteiger partial charge on any atom is 0.408 e. The van der Waals surface area contributed by atoms with Gasteiger partial charge in [0.1, 0.15) is 18.4 Å². The molecule has 35 heavy (non-hydrogen) atoms. The smallest absolute Gasteiger partial charge is 0.408 e. The number of carboxylic acids is 1. The number of alkyl carbamates (subject to hydrolysis) is 1. The maximum absolute atomic E-state index is 13.0. The van der Waals surface area contributed by atoms with Crippen LogP contribution in [0.15, 0.2) is 84.9 Å². The molecule has 2 N–H and O–H groups in total. The van der Waals surface area contributed by atoms with Gasteiger partial charge in [0.25, 0.3) is 5.69 Å². The van der Waals surface area contributed by atoms with Gasteiger partial charge < -0.3 is 19.9 Å². The molecule has 3 aromatic carbocycles. The van der Waals surface area contributed by atoms with Crippen molar-refractivity contribution >= 4 is 23.7 Å². The molecule has 0 saturated heterocycles. The number of rotatable bonds is 10. The van der Waals surface area contributed by atoms with Crippen molar-refractivity contribution in [3.8, 4) is 5.75 Å². The first-order valence-corrected chi connectivity index (χ1v) is 10.5. The van der Waals surface area contributed by atoms with Crippen LogP contribution in [0.2, 0.25) is 0 Å². The van der Waals surface area contributed by atoms with E-state index in [0.29, 0.717) is 11.1 Å². The van der Waals surface area contributed by atoms with Crippen LogP contribution >= 0.6 is 0 Å². The molecule has 1 amide bonds. The van der Waals surface area contributed by atoms with E-state index in [9.17, 15) is 29.6 Å². The number of nitrogens with one attached hydrogen (secondary N) is 1. The van der Waals surface area contributed by atoms with Gasteiger partial charge in [-0.3, -0.25) is 14.9 Å². The Kier molecular flexibility index (Phi) is 8.49. The number of hydrogen-bond acceptors (Lipinski definition) is 7. The van der Waals surface area contributed by atoms with Crippen molar-refractivity contribution in [2.45, 2.75) is 19.1 Å². The van der Waals surface area contributed by atoms with Crippen molar-refractivity contribution in [1.82, 2.24) is 5.32 Å². The number of hydrogen-bond donors (Lipinski definition) is 2. The first-order chi connectivity index (χ1) is 16.8. The molecule has 3 aromatic rings. The van der Waals surface area contributed by atoms with Crippen molar-refractivity contribution in [1.29, 1.82) is 0 Å². The van der Waals surface area contributed by atoms with E-state index >= 15 is 0 Å². The molecule has 1 unspecified atom stereocenters. The Hall–Kier alpha value is -4.73. The summed E-state index contributed by atoms with van der Waals surface area (Å²) >= 11 is 0. The number of benzene rings is 3. The Morgan fingerprint density at radius 3 is 2.00 bits per heavy atom. The molecule has 180 valence electrons. The van der Waals surface area contributed by atoms with Crippen LogP contribution in [0.25, 0.3) is 0 Å². The monoisotopic (exact) mass is 478 g/mol. The van der Waals surface area contributed by atoms with Crippen molar-refractivity contribution in [3.05, 3.63) is 106 Å². The van der Waals surface area contributed by atoms with Gasteiger partial charge in [-0.15, -0.1) is 0 Å². The predicted molar refractivity (Wildman–Crippen MR) is 124 cm³/mol. The average Bonchev–Trinajstić information content (AvgIpc) is 2.86. The highest BCUT2D eigenvalue weighted by molar-refractivity contribution is 5.88. The van der Waals surface area contributed by atoms with Crippen LogP contribution in [0.1, 0.15) is 11.1 Å². The van der Waals surface area contributed by atoms with Crippen molar-refractivity contribution < 1.29 is 33.9 Å². The Bertz CT molecular complexity index is 1170. The largest absolute Gasteiger partial charge is 0.481 e. The van der Waals surface area contributed by atoms with Gasteiger partial charge in [0.05, 0.1) is 10.8 Å². The molecule has 0 saturated carbocycles. The summed E-state index contributed by atoms with van der Waals surface area (Å²) in [7, 11) is 0. The number of nitro groups is 1. The van der Waals surface area contributed by atoms with Crippen LogP contribution in [0.3, 0.4) is 0 Å². The minimum Gasteiger partial charge on any atom is -0.481 e. The lowest BCUT2D eigenvalue weighted by Crippen LogP contribution is -2.51. The summed E-state index contributed by atoms with van der Waals surface area (Å²) in [5, 5.41) is 23.0. The fourth-order valence-corrected chi connectivity index (χ4v) is 3.25. The van der Waals surface area contributed by atoms with E-state index in [1.165, 1.54) is 12.1 Å². The van der Waals surface area contributed by atoms with Crippen molar-refractivity contribution in [3.63, 3.8) is 0 Å². The molecule has 0 fully saturated rings. The van der Waals surface area contributed by atoms with Crippen LogP contribution in [0, 0.1) is 16.0 Å². The van der Waals surface area contributed by atoms with Gasteiger partial charge in [-0.05, 0) is 29.7 Å². The van der Waals surface area contributed by atoms with Crippen LogP contribution in [0.5, 0.6) is 5.75 Å². The highest BCUT2D eigenvalue weighted by atomic mass is 16.6. The third-order valence-electron chi connectivity index (χ3n) is 5.02. The zero-order valence-electron chi connectivity index (χ0n) is 18.4. The summed E-state index contributed by atoms with van der Waals surface area (Å²) in [6, 6.07) is 20.5. The van der Waals surface area contributed by atoms with Crippen molar-refractivity contribution in [2.24, 2.45) is 5.92 Å². The highest BCUT2D eigenvalue weighted by Gasteiger charge is 2.37. The summed E-state index contributed by atoms with van der Waals surface area (Å²) in [5.74, 6) is -3.82. The van der Waals surface area contributed by atoms with E-state index in [4.69, 9.17) is 9.47 Å². The second-order valence-corrected chi connectivity index (χ2v) is 7.49. The van der Waals surface area contributed by atoms with E-state index in [1.54, 1.807) is 60.7 Å². The topological polar surface area (TPSA) is 145 Å². The number of nitrogens with zero attached hydrogens (tertiary/aromatic N) is 1. The molecule has 0 radical (unpaired) electrons. The molecule has 0 aliphatic heterocycles. The standard InChI is InChI=1S/C25H22N2O8/c28-23(29)21(15-17-7-3-1-4-8-17)22(26-25(31)34-16-18-9-5-2-6-10-18)24(30)35-20-13-11-19(12-14-20)27(32)33/h1-14,21-22H,15-16H2,(H,26,31)(H,28,29)/t21?,22-/m0/s1. The molecule has 0 aliphatic carbocycles. The van der Waals surface area contributed by atoms with E-state index in [1.807, 2.05) is 0 Å². The molecule has 0 aliphatic rings. The van der Waals surface area contributed by atoms with Gasteiger partial charge in [-0.2, -0.15) is 0 Å². The number of non-ortho nitro benzene ring substituents is 1. The predicted octanol–water partition coefficient (Wildman–Crippen LogP) is 3.74. The number of amides is 1. The van der Waals surface area contributed by atoms with E-state index in [2.05, 4.69) is 5.32 Å². The van der Waals surface area contributed by atoms with Gasteiger partial charge >= 0.3 is 18.0 Å². The Morgan fingerprint density at radius 1 is 0.886 bits per heavy atom. The lowest BCUT2D eigenvalue weighted by atomic mass is 9.92. The molecule has 0 bridgehead atoms. The molecule has 0 heterocycles. The Morgan fingerprint density at radius 2 is 1.46 bits per heavy atom. The van der Waals surface area contributed by atoms with Gasteiger partial charge in [0, 0.05) is 12.1 Å². The van der Waals surface area contributed by atoms with Crippen LogP contribution < -0.4 is 10.1 Å². The number of ether oxygens (including phenoxy) is 2. The third kappa shape index (κ3) is 7.39. The first kappa shape index (κ1) is 24.9. The number of carboxylic acid groups (broad SMARTS) is 1. The van der Waals surface area contributed by atoms with Crippen LogP contribution in [-0.2, 0) is 27.4 Å². The SMILES string of the molecule is O=C(N[C@H](C(=O)Oc1ccc([N+](=O)[O-])cc1)C(Cc1ccccc1)C(=O)O)OCc1ccccc1. The molecule has 10 heteroatoms. The van der Waals surface area contributed by atoms with Gasteiger partial charge in [-0.25, -0.2) is 9.59 Å². The Balaban J connectivity index is 1.79. The van der Waals surface area contributed by atoms with Crippen LogP contribution in [0.4, 0.5) is 10.5 Å². The fourth-order valence-electron chi connectivity index (χ4n) is 3.25. The van der Waals surface area contributed by atoms with E-state index in [-0.39, 0.29) is 24.5 Å². The number of esters is 1. The number of aliphatic carboxylic acids is 1. The number of nitro benzene ring substituents is 1. The lowest BCUT2D eigenvalue weighted by Gasteiger charge is -2.23.